The molecule has 0 aromatic heterocycles. The highest BCUT2D eigenvalue weighted by atomic mass is 16.5. The molecular formula is C22H23NO3. The minimum atomic E-state index is -0.754. The number of rotatable bonds is 7. The molecule has 3 aromatic rings. The lowest BCUT2D eigenvalue weighted by molar-refractivity contribution is 0.0663. The zero-order valence-electron chi connectivity index (χ0n) is 14.8. The van der Waals surface area contributed by atoms with Crippen LogP contribution in [0, 0.1) is 0 Å². The van der Waals surface area contributed by atoms with Crippen LogP contribution >= 0.6 is 0 Å². The van der Waals surface area contributed by atoms with Crippen LogP contribution < -0.4 is 5.73 Å². The van der Waals surface area contributed by atoms with Gasteiger partial charge in [-0.05, 0) is 28.3 Å². The van der Waals surface area contributed by atoms with E-state index < -0.39 is 6.09 Å². The number of carbonyl (C=O) groups is 1. The van der Waals surface area contributed by atoms with Crippen molar-refractivity contribution in [3.8, 4) is 0 Å². The summed E-state index contributed by atoms with van der Waals surface area (Å²) >= 11 is 0. The molecule has 0 heterocycles. The second kappa shape index (κ2) is 8.50. The van der Waals surface area contributed by atoms with E-state index in [0.29, 0.717) is 6.42 Å². The van der Waals surface area contributed by atoms with Crippen molar-refractivity contribution in [2.45, 2.75) is 18.4 Å². The average Bonchev–Trinajstić information content (AvgIpc) is 2.67. The van der Waals surface area contributed by atoms with E-state index in [0.717, 1.165) is 11.1 Å². The number of hydrogen-bond acceptors (Lipinski definition) is 3. The van der Waals surface area contributed by atoms with Gasteiger partial charge in [0.1, 0.15) is 0 Å². The molecule has 134 valence electrons. The highest BCUT2D eigenvalue weighted by Crippen LogP contribution is 2.37. The molecule has 26 heavy (non-hydrogen) atoms. The van der Waals surface area contributed by atoms with Crippen molar-refractivity contribution in [1.29, 1.82) is 0 Å². The molecular weight excluding hydrogens is 326 g/mol. The number of methoxy groups -OCH3 is 1. The summed E-state index contributed by atoms with van der Waals surface area (Å²) in [6, 6.07) is 24.7. The Labute approximate surface area is 153 Å². The van der Waals surface area contributed by atoms with Gasteiger partial charge in [-0.25, -0.2) is 4.79 Å². The minimum Gasteiger partial charge on any atom is -0.450 e. The Bertz CT molecular complexity index is 863. The van der Waals surface area contributed by atoms with E-state index in [1.807, 2.05) is 30.3 Å². The van der Waals surface area contributed by atoms with Crippen molar-refractivity contribution >= 4 is 16.9 Å². The van der Waals surface area contributed by atoms with Crippen LogP contribution in [0.25, 0.3) is 10.8 Å². The highest BCUT2D eigenvalue weighted by Gasteiger charge is 2.25. The van der Waals surface area contributed by atoms with E-state index in [-0.39, 0.29) is 18.6 Å². The minimum absolute atomic E-state index is 0.0337. The first-order chi connectivity index (χ1) is 12.7. The number of hydrogen-bond donors (Lipinski definition) is 1. The molecule has 2 atom stereocenters. The maximum atomic E-state index is 11.0. The number of fused-ring (bicyclic) bond motifs is 1. The lowest BCUT2D eigenvalue weighted by Gasteiger charge is -2.27. The Morgan fingerprint density at radius 2 is 1.62 bits per heavy atom. The molecule has 0 spiro atoms. The molecule has 0 fully saturated rings. The van der Waals surface area contributed by atoms with Crippen molar-refractivity contribution < 1.29 is 14.3 Å². The standard InChI is InChI=1S/C22H23NO3/c1-25-21(17-8-3-2-4-9-17)20(13-14-26-22(23)24)19-12-11-16-7-5-6-10-18(16)15-19/h2-12,15,20-21H,13-14H2,1H3,(H2,23,24)/t20?,21-/m1/s1. The zero-order valence-corrected chi connectivity index (χ0v) is 14.8. The molecule has 4 nitrogen and oxygen atoms in total. The van der Waals surface area contributed by atoms with Gasteiger partial charge in [0, 0.05) is 13.0 Å². The predicted octanol–water partition coefficient (Wildman–Crippen LogP) is 4.80. The normalized spacial score (nSPS) is 13.3. The molecule has 0 aliphatic rings. The molecule has 0 aliphatic heterocycles. The number of ether oxygens (including phenoxy) is 2. The van der Waals surface area contributed by atoms with Crippen LogP contribution in [-0.4, -0.2) is 19.8 Å². The summed E-state index contributed by atoms with van der Waals surface area (Å²) in [4.78, 5) is 11.0. The Balaban J connectivity index is 1.96. The zero-order chi connectivity index (χ0) is 18.4. The molecule has 0 saturated carbocycles. The molecule has 0 saturated heterocycles. The van der Waals surface area contributed by atoms with Crippen LogP contribution in [0.4, 0.5) is 4.79 Å². The van der Waals surface area contributed by atoms with Gasteiger partial charge in [0.05, 0.1) is 12.7 Å². The van der Waals surface area contributed by atoms with E-state index in [1.165, 1.54) is 10.8 Å². The molecule has 2 N–H and O–H groups in total. The number of benzene rings is 3. The van der Waals surface area contributed by atoms with Gasteiger partial charge in [0.2, 0.25) is 0 Å². The van der Waals surface area contributed by atoms with E-state index in [2.05, 4.69) is 42.5 Å². The Kier molecular flexibility index (Phi) is 5.87. The van der Waals surface area contributed by atoms with E-state index in [4.69, 9.17) is 15.2 Å². The Morgan fingerprint density at radius 3 is 2.31 bits per heavy atom. The van der Waals surface area contributed by atoms with Gasteiger partial charge >= 0.3 is 6.09 Å². The third-order valence-corrected chi connectivity index (χ3v) is 4.62. The van der Waals surface area contributed by atoms with E-state index in [1.54, 1.807) is 7.11 Å². The van der Waals surface area contributed by atoms with Crippen LogP contribution in [0.1, 0.15) is 29.6 Å². The van der Waals surface area contributed by atoms with Gasteiger partial charge in [-0.15, -0.1) is 0 Å². The van der Waals surface area contributed by atoms with Crippen LogP contribution in [0.15, 0.2) is 72.8 Å². The largest absolute Gasteiger partial charge is 0.450 e. The fourth-order valence-electron chi connectivity index (χ4n) is 3.39. The first kappa shape index (κ1) is 18.0. The van der Waals surface area contributed by atoms with Crippen LogP contribution in [0.3, 0.4) is 0 Å². The first-order valence-electron chi connectivity index (χ1n) is 8.67. The lowest BCUT2D eigenvalue weighted by Crippen LogP contribution is -2.19. The molecule has 0 radical (unpaired) electrons. The molecule has 3 rings (SSSR count). The molecule has 4 heteroatoms. The topological polar surface area (TPSA) is 61.6 Å². The second-order valence-corrected chi connectivity index (χ2v) is 6.24. The maximum Gasteiger partial charge on any atom is 0.404 e. The quantitative estimate of drug-likeness (QED) is 0.667. The summed E-state index contributed by atoms with van der Waals surface area (Å²) in [6.07, 6.45) is -0.279. The van der Waals surface area contributed by atoms with Crippen LogP contribution in [-0.2, 0) is 9.47 Å². The first-order valence-corrected chi connectivity index (χ1v) is 8.67. The van der Waals surface area contributed by atoms with Gasteiger partial charge in [-0.1, -0.05) is 72.8 Å². The number of amides is 1. The monoisotopic (exact) mass is 349 g/mol. The van der Waals surface area contributed by atoms with Gasteiger partial charge in [-0.3, -0.25) is 0 Å². The summed E-state index contributed by atoms with van der Waals surface area (Å²) in [7, 11) is 1.71. The van der Waals surface area contributed by atoms with Gasteiger partial charge < -0.3 is 15.2 Å². The summed E-state index contributed by atoms with van der Waals surface area (Å²) in [5.74, 6) is 0.0337. The summed E-state index contributed by atoms with van der Waals surface area (Å²) in [5, 5.41) is 2.37. The Hall–Kier alpha value is -2.85. The van der Waals surface area contributed by atoms with Gasteiger partial charge in [-0.2, -0.15) is 0 Å². The molecule has 1 unspecified atom stereocenters. The maximum absolute atomic E-state index is 11.0. The van der Waals surface area contributed by atoms with Crippen molar-refractivity contribution in [3.63, 3.8) is 0 Å². The van der Waals surface area contributed by atoms with Gasteiger partial charge in [0.25, 0.3) is 0 Å². The van der Waals surface area contributed by atoms with Crippen molar-refractivity contribution in [1.82, 2.24) is 0 Å². The number of carbonyl (C=O) groups excluding carboxylic acids is 1. The molecule has 0 aliphatic carbocycles. The summed E-state index contributed by atoms with van der Waals surface area (Å²) in [5.41, 5.74) is 7.35. The van der Waals surface area contributed by atoms with Crippen LogP contribution in [0.5, 0.6) is 0 Å². The van der Waals surface area contributed by atoms with E-state index in [9.17, 15) is 4.79 Å². The van der Waals surface area contributed by atoms with Gasteiger partial charge in [0.15, 0.2) is 0 Å². The molecule has 1 amide bonds. The SMILES string of the molecule is CO[C@H](c1ccccc1)C(CCOC(N)=O)c1ccc2ccccc2c1. The summed E-state index contributed by atoms with van der Waals surface area (Å²) < 4.78 is 10.8. The fourth-order valence-corrected chi connectivity index (χ4v) is 3.39. The highest BCUT2D eigenvalue weighted by molar-refractivity contribution is 5.83. The third-order valence-electron chi connectivity index (χ3n) is 4.62. The Morgan fingerprint density at radius 1 is 0.923 bits per heavy atom. The average molecular weight is 349 g/mol. The fraction of sp³-hybridized carbons (Fsp3) is 0.227. The second-order valence-electron chi connectivity index (χ2n) is 6.24. The third kappa shape index (κ3) is 4.21. The smallest absolute Gasteiger partial charge is 0.404 e. The van der Waals surface area contributed by atoms with E-state index >= 15 is 0 Å². The molecule has 3 aromatic carbocycles. The summed E-state index contributed by atoms with van der Waals surface area (Å²) in [6.45, 7) is 0.250. The molecule has 0 bridgehead atoms. The van der Waals surface area contributed by atoms with Crippen molar-refractivity contribution in [3.05, 3.63) is 83.9 Å². The number of nitrogens with two attached hydrogens (primary N) is 1. The number of primary amides is 1. The van der Waals surface area contributed by atoms with Crippen molar-refractivity contribution in [2.75, 3.05) is 13.7 Å². The predicted molar refractivity (Wildman–Crippen MR) is 103 cm³/mol. The van der Waals surface area contributed by atoms with Crippen molar-refractivity contribution in [2.24, 2.45) is 5.73 Å². The van der Waals surface area contributed by atoms with Crippen LogP contribution in [0.2, 0.25) is 0 Å². The lowest BCUT2D eigenvalue weighted by atomic mass is 9.85.